The van der Waals surface area contributed by atoms with Crippen molar-refractivity contribution in [2.24, 2.45) is 0 Å². The summed E-state index contributed by atoms with van der Waals surface area (Å²) in [6, 6.07) is 0.325. The average molecular weight is 338 g/mol. The molecular formula is C16H26N4O2S. The van der Waals surface area contributed by atoms with Crippen molar-refractivity contribution < 1.29 is 9.53 Å². The number of nitrogens with one attached hydrogen (secondary N) is 2. The molecule has 0 spiro atoms. The van der Waals surface area contributed by atoms with Crippen LogP contribution in [0.4, 0.5) is 5.13 Å². The first-order valence-electron chi connectivity index (χ1n) is 8.44. The van der Waals surface area contributed by atoms with Gasteiger partial charge >= 0.3 is 0 Å². The molecule has 1 aromatic heterocycles. The monoisotopic (exact) mass is 338 g/mol. The van der Waals surface area contributed by atoms with Crippen LogP contribution in [0.1, 0.15) is 38.8 Å². The fourth-order valence-electron chi connectivity index (χ4n) is 3.40. The molecule has 2 aliphatic rings. The highest BCUT2D eigenvalue weighted by atomic mass is 32.1. The van der Waals surface area contributed by atoms with Gasteiger partial charge in [-0.05, 0) is 33.2 Å². The minimum Gasteiger partial charge on any atom is -0.373 e. The number of anilines is 1. The second-order valence-corrected chi connectivity index (χ2v) is 7.50. The Hall–Kier alpha value is -1.02. The molecule has 3 atom stereocenters. The first-order chi connectivity index (χ1) is 11.1. The van der Waals surface area contributed by atoms with Crippen LogP contribution in [0.3, 0.4) is 0 Å². The Labute approximate surface area is 141 Å². The summed E-state index contributed by atoms with van der Waals surface area (Å²) < 4.78 is 5.75. The predicted octanol–water partition coefficient (Wildman–Crippen LogP) is 1.83. The molecule has 3 heterocycles. The van der Waals surface area contributed by atoms with E-state index in [4.69, 9.17) is 4.74 Å². The first-order valence-corrected chi connectivity index (χ1v) is 9.32. The maximum absolute atomic E-state index is 12.0. The Morgan fingerprint density at radius 3 is 2.96 bits per heavy atom. The van der Waals surface area contributed by atoms with Crippen molar-refractivity contribution in [3.05, 3.63) is 11.1 Å². The van der Waals surface area contributed by atoms with Gasteiger partial charge in [0.05, 0.1) is 17.9 Å². The molecule has 3 unspecified atom stereocenters. The minimum absolute atomic E-state index is 0.0546. The minimum atomic E-state index is 0.0546. The van der Waals surface area contributed by atoms with Gasteiger partial charge in [0.2, 0.25) is 5.91 Å². The summed E-state index contributed by atoms with van der Waals surface area (Å²) in [5, 5.41) is 9.02. The van der Waals surface area contributed by atoms with E-state index < -0.39 is 0 Å². The summed E-state index contributed by atoms with van der Waals surface area (Å²) in [5.41, 5.74) is 1.02. The predicted molar refractivity (Wildman–Crippen MR) is 91.7 cm³/mol. The van der Waals surface area contributed by atoms with Gasteiger partial charge in [0.15, 0.2) is 5.13 Å². The smallest absolute Gasteiger partial charge is 0.227 e. The van der Waals surface area contributed by atoms with Gasteiger partial charge in [0.1, 0.15) is 0 Å². The van der Waals surface area contributed by atoms with Crippen molar-refractivity contribution in [2.75, 3.05) is 25.0 Å². The number of morpholine rings is 1. The lowest BCUT2D eigenvalue weighted by molar-refractivity contribution is -0.116. The van der Waals surface area contributed by atoms with Crippen LogP contribution in [-0.4, -0.2) is 53.7 Å². The standard InChI is InChI=1S/C16H26N4O2S/c1-11-7-20(8-12(2)22-11)9-14-10-23-16(18-14)19-15(21)6-13-4-3-5-17-13/h10-13,17H,3-9H2,1-2H3,(H,18,19,21). The van der Waals surface area contributed by atoms with Crippen molar-refractivity contribution in [3.8, 4) is 0 Å². The zero-order valence-corrected chi connectivity index (χ0v) is 14.7. The van der Waals surface area contributed by atoms with Gasteiger partial charge in [-0.3, -0.25) is 9.69 Å². The number of amides is 1. The third kappa shape index (κ3) is 4.97. The van der Waals surface area contributed by atoms with Crippen molar-refractivity contribution in [2.45, 2.75) is 57.9 Å². The van der Waals surface area contributed by atoms with Crippen molar-refractivity contribution in [1.82, 2.24) is 15.2 Å². The molecule has 1 amide bonds. The number of rotatable bonds is 5. The Bertz CT molecular complexity index is 520. The zero-order valence-electron chi connectivity index (χ0n) is 13.9. The fraction of sp³-hybridized carbons (Fsp3) is 0.750. The highest BCUT2D eigenvalue weighted by Gasteiger charge is 2.23. The lowest BCUT2D eigenvalue weighted by Crippen LogP contribution is -2.44. The molecule has 0 saturated carbocycles. The zero-order chi connectivity index (χ0) is 16.2. The van der Waals surface area contributed by atoms with Crippen LogP contribution in [0.5, 0.6) is 0 Å². The normalized spacial score (nSPS) is 28.9. The number of carbonyl (C=O) groups excluding carboxylic acids is 1. The summed E-state index contributed by atoms with van der Waals surface area (Å²) in [6.45, 7) is 7.90. The number of hydrogen-bond acceptors (Lipinski definition) is 6. The summed E-state index contributed by atoms with van der Waals surface area (Å²) in [5.74, 6) is 0.0546. The molecule has 23 heavy (non-hydrogen) atoms. The van der Waals surface area contributed by atoms with Gasteiger partial charge in [-0.1, -0.05) is 0 Å². The molecule has 3 rings (SSSR count). The van der Waals surface area contributed by atoms with E-state index >= 15 is 0 Å². The van der Waals surface area contributed by atoms with Crippen molar-refractivity contribution in [3.63, 3.8) is 0 Å². The molecule has 1 aromatic rings. The summed E-state index contributed by atoms with van der Waals surface area (Å²) in [4.78, 5) is 19.0. The molecule has 128 valence electrons. The number of carbonyl (C=O) groups is 1. The van der Waals surface area contributed by atoms with E-state index in [1.807, 2.05) is 5.38 Å². The number of thiazole rings is 1. The van der Waals surface area contributed by atoms with Crippen LogP contribution >= 0.6 is 11.3 Å². The Balaban J connectivity index is 1.48. The van der Waals surface area contributed by atoms with E-state index in [0.717, 1.165) is 44.7 Å². The van der Waals surface area contributed by atoms with Crippen LogP contribution in [0.25, 0.3) is 0 Å². The molecular weight excluding hydrogens is 312 g/mol. The Morgan fingerprint density at radius 2 is 2.26 bits per heavy atom. The number of aromatic nitrogens is 1. The largest absolute Gasteiger partial charge is 0.373 e. The molecule has 6 nitrogen and oxygen atoms in total. The first kappa shape index (κ1) is 16.8. The maximum atomic E-state index is 12.0. The van der Waals surface area contributed by atoms with Crippen LogP contribution < -0.4 is 10.6 Å². The van der Waals surface area contributed by atoms with Gasteiger partial charge in [-0.2, -0.15) is 0 Å². The molecule has 2 saturated heterocycles. The summed E-state index contributed by atoms with van der Waals surface area (Å²) in [7, 11) is 0. The molecule has 2 fully saturated rings. The number of nitrogens with zero attached hydrogens (tertiary/aromatic N) is 2. The highest BCUT2D eigenvalue weighted by Crippen LogP contribution is 2.20. The maximum Gasteiger partial charge on any atom is 0.227 e. The lowest BCUT2D eigenvalue weighted by atomic mass is 10.1. The molecule has 0 radical (unpaired) electrons. The van der Waals surface area contributed by atoms with Gasteiger partial charge in [0, 0.05) is 37.5 Å². The molecule has 2 aliphatic heterocycles. The third-order valence-corrected chi connectivity index (χ3v) is 5.08. The van der Waals surface area contributed by atoms with Gasteiger partial charge in [-0.15, -0.1) is 11.3 Å². The fourth-order valence-corrected chi connectivity index (χ4v) is 4.12. The van der Waals surface area contributed by atoms with Crippen molar-refractivity contribution >= 4 is 22.4 Å². The SMILES string of the molecule is CC1CN(Cc2csc(NC(=O)CC3CCCN3)n2)CC(C)O1. The van der Waals surface area contributed by atoms with Crippen LogP contribution in [0, 0.1) is 0 Å². The second-order valence-electron chi connectivity index (χ2n) is 6.64. The molecule has 2 N–H and O–H groups in total. The van der Waals surface area contributed by atoms with E-state index in [2.05, 4.69) is 34.4 Å². The Morgan fingerprint density at radius 1 is 1.48 bits per heavy atom. The molecule has 7 heteroatoms. The van der Waals surface area contributed by atoms with Gasteiger partial charge in [-0.25, -0.2) is 4.98 Å². The van der Waals surface area contributed by atoms with E-state index in [9.17, 15) is 4.79 Å². The summed E-state index contributed by atoms with van der Waals surface area (Å²) >= 11 is 1.50. The van der Waals surface area contributed by atoms with E-state index in [1.165, 1.54) is 11.3 Å². The van der Waals surface area contributed by atoms with Crippen LogP contribution in [0.15, 0.2) is 5.38 Å². The number of hydrogen-bond donors (Lipinski definition) is 2. The third-order valence-electron chi connectivity index (χ3n) is 4.27. The number of ether oxygens (including phenoxy) is 1. The van der Waals surface area contributed by atoms with Crippen molar-refractivity contribution in [1.29, 1.82) is 0 Å². The second kappa shape index (κ2) is 7.70. The van der Waals surface area contributed by atoms with Crippen LogP contribution in [-0.2, 0) is 16.1 Å². The quantitative estimate of drug-likeness (QED) is 0.857. The lowest BCUT2D eigenvalue weighted by Gasteiger charge is -2.34. The summed E-state index contributed by atoms with van der Waals surface area (Å²) in [6.07, 6.45) is 3.30. The van der Waals surface area contributed by atoms with Gasteiger partial charge in [0.25, 0.3) is 0 Å². The topological polar surface area (TPSA) is 66.5 Å². The van der Waals surface area contributed by atoms with E-state index in [1.54, 1.807) is 0 Å². The van der Waals surface area contributed by atoms with Gasteiger partial charge < -0.3 is 15.4 Å². The molecule has 0 aromatic carbocycles. The van der Waals surface area contributed by atoms with Crippen LogP contribution in [0.2, 0.25) is 0 Å². The molecule has 0 bridgehead atoms. The highest BCUT2D eigenvalue weighted by molar-refractivity contribution is 7.13. The molecule has 0 aliphatic carbocycles. The Kier molecular flexibility index (Phi) is 5.63. The average Bonchev–Trinajstić information content (AvgIpc) is 3.10. The van der Waals surface area contributed by atoms with E-state index in [0.29, 0.717) is 17.6 Å². The van der Waals surface area contributed by atoms with E-state index in [-0.39, 0.29) is 18.1 Å².